The third-order valence-electron chi connectivity index (χ3n) is 3.28. The summed E-state index contributed by atoms with van der Waals surface area (Å²) in [4.78, 5) is 24.6. The van der Waals surface area contributed by atoms with Crippen LogP contribution in [0.5, 0.6) is 0 Å². The van der Waals surface area contributed by atoms with Crippen molar-refractivity contribution in [3.05, 3.63) is 18.0 Å². The van der Waals surface area contributed by atoms with Crippen molar-refractivity contribution < 1.29 is 14.7 Å². The molecule has 0 bridgehead atoms. The minimum atomic E-state index is -0.973. The molecule has 1 N–H and O–H groups in total. The van der Waals surface area contributed by atoms with Crippen molar-refractivity contribution in [3.8, 4) is 0 Å². The van der Waals surface area contributed by atoms with Crippen LogP contribution in [0.15, 0.2) is 12.4 Å². The van der Waals surface area contributed by atoms with Crippen LogP contribution in [0.4, 0.5) is 0 Å². The first-order valence-corrected chi connectivity index (χ1v) is 6.09. The first kappa shape index (κ1) is 12.6. The van der Waals surface area contributed by atoms with Crippen LogP contribution in [0.2, 0.25) is 0 Å². The van der Waals surface area contributed by atoms with Gasteiger partial charge in [-0.05, 0) is 12.8 Å². The van der Waals surface area contributed by atoms with E-state index < -0.39 is 5.97 Å². The van der Waals surface area contributed by atoms with E-state index in [1.54, 1.807) is 17.9 Å². The molecular formula is C12H17N3O3. The molecule has 0 spiro atoms. The van der Waals surface area contributed by atoms with Gasteiger partial charge in [0.05, 0.1) is 11.8 Å². The summed E-state index contributed by atoms with van der Waals surface area (Å²) in [5.41, 5.74) is 0.450. The van der Waals surface area contributed by atoms with E-state index in [0.29, 0.717) is 5.56 Å². The number of carboxylic acid groups (broad SMARTS) is 1. The third kappa shape index (κ3) is 2.69. The van der Waals surface area contributed by atoms with Gasteiger partial charge in [-0.3, -0.25) is 14.3 Å². The lowest BCUT2D eigenvalue weighted by Gasteiger charge is -2.26. The summed E-state index contributed by atoms with van der Waals surface area (Å²) >= 11 is 0. The van der Waals surface area contributed by atoms with Gasteiger partial charge in [0.2, 0.25) is 0 Å². The van der Waals surface area contributed by atoms with Gasteiger partial charge in [-0.15, -0.1) is 0 Å². The molecule has 6 heteroatoms. The SMILES string of the molecule is Cn1cc(C(=O)N(CC(=O)O)C2CCCC2)cn1. The van der Waals surface area contributed by atoms with E-state index in [2.05, 4.69) is 5.10 Å². The van der Waals surface area contributed by atoms with E-state index in [1.807, 2.05) is 0 Å². The molecule has 1 saturated carbocycles. The van der Waals surface area contributed by atoms with E-state index in [-0.39, 0.29) is 18.5 Å². The molecule has 1 fully saturated rings. The second kappa shape index (κ2) is 5.20. The van der Waals surface area contributed by atoms with E-state index in [1.165, 1.54) is 11.1 Å². The molecule has 0 saturated heterocycles. The minimum Gasteiger partial charge on any atom is -0.480 e. The van der Waals surface area contributed by atoms with Crippen molar-refractivity contribution in [1.29, 1.82) is 0 Å². The van der Waals surface area contributed by atoms with Gasteiger partial charge in [-0.25, -0.2) is 0 Å². The summed E-state index contributed by atoms with van der Waals surface area (Å²) in [5.74, 6) is -1.21. The summed E-state index contributed by atoms with van der Waals surface area (Å²) in [5, 5.41) is 12.9. The fraction of sp³-hybridized carbons (Fsp3) is 0.583. The number of aliphatic carboxylic acids is 1. The van der Waals surface area contributed by atoms with Crippen LogP contribution in [0, 0.1) is 0 Å². The van der Waals surface area contributed by atoms with Crippen molar-refractivity contribution in [1.82, 2.24) is 14.7 Å². The number of carbonyl (C=O) groups excluding carboxylic acids is 1. The molecule has 1 heterocycles. The molecule has 1 amide bonds. The Morgan fingerprint density at radius 2 is 2.17 bits per heavy atom. The normalized spacial score (nSPS) is 15.8. The molecule has 18 heavy (non-hydrogen) atoms. The lowest BCUT2D eigenvalue weighted by molar-refractivity contribution is -0.138. The van der Waals surface area contributed by atoms with Crippen molar-refractivity contribution in [2.45, 2.75) is 31.7 Å². The quantitative estimate of drug-likeness (QED) is 0.862. The zero-order chi connectivity index (χ0) is 13.1. The monoisotopic (exact) mass is 251 g/mol. The summed E-state index contributed by atoms with van der Waals surface area (Å²) in [6, 6.07) is 0.0498. The predicted octanol–water partition coefficient (Wildman–Crippen LogP) is 0.889. The maximum Gasteiger partial charge on any atom is 0.323 e. The summed E-state index contributed by atoms with van der Waals surface area (Å²) in [7, 11) is 1.73. The Hall–Kier alpha value is -1.85. The summed E-state index contributed by atoms with van der Waals surface area (Å²) in [6.07, 6.45) is 6.99. The van der Waals surface area contributed by atoms with Gasteiger partial charge in [-0.1, -0.05) is 12.8 Å². The molecule has 2 rings (SSSR count). The van der Waals surface area contributed by atoms with E-state index in [9.17, 15) is 9.59 Å². The minimum absolute atomic E-state index is 0.0498. The molecule has 1 aliphatic rings. The van der Waals surface area contributed by atoms with E-state index in [0.717, 1.165) is 25.7 Å². The molecule has 6 nitrogen and oxygen atoms in total. The van der Waals surface area contributed by atoms with E-state index in [4.69, 9.17) is 5.11 Å². The van der Waals surface area contributed by atoms with Gasteiger partial charge >= 0.3 is 5.97 Å². The first-order chi connectivity index (χ1) is 8.58. The third-order valence-corrected chi connectivity index (χ3v) is 3.28. The Morgan fingerprint density at radius 1 is 1.50 bits per heavy atom. The highest BCUT2D eigenvalue weighted by molar-refractivity contribution is 5.95. The number of carbonyl (C=O) groups is 2. The first-order valence-electron chi connectivity index (χ1n) is 6.09. The maximum atomic E-state index is 12.3. The highest BCUT2D eigenvalue weighted by Crippen LogP contribution is 2.24. The number of amides is 1. The fourth-order valence-corrected chi connectivity index (χ4v) is 2.43. The Balaban J connectivity index is 2.17. The molecule has 98 valence electrons. The number of aromatic nitrogens is 2. The molecule has 0 aliphatic heterocycles. The highest BCUT2D eigenvalue weighted by Gasteiger charge is 2.29. The standard InChI is InChI=1S/C12H17N3O3/c1-14-7-9(6-13-14)12(18)15(8-11(16)17)10-4-2-3-5-10/h6-7,10H,2-5,8H2,1H3,(H,16,17). The van der Waals surface area contributed by atoms with Gasteiger partial charge in [0.15, 0.2) is 0 Å². The number of hydrogen-bond acceptors (Lipinski definition) is 3. The van der Waals surface area contributed by atoms with Crippen molar-refractivity contribution in [2.75, 3.05) is 6.54 Å². The maximum absolute atomic E-state index is 12.3. The van der Waals surface area contributed by atoms with Gasteiger partial charge in [0, 0.05) is 19.3 Å². The zero-order valence-corrected chi connectivity index (χ0v) is 10.4. The number of rotatable bonds is 4. The molecular weight excluding hydrogens is 234 g/mol. The van der Waals surface area contributed by atoms with Crippen LogP contribution in [-0.2, 0) is 11.8 Å². The summed E-state index contributed by atoms with van der Waals surface area (Å²) < 4.78 is 1.54. The molecule has 0 atom stereocenters. The highest BCUT2D eigenvalue weighted by atomic mass is 16.4. The molecule has 1 aliphatic carbocycles. The van der Waals surface area contributed by atoms with Gasteiger partial charge in [0.25, 0.3) is 5.91 Å². The average Bonchev–Trinajstić information content (AvgIpc) is 2.95. The fourth-order valence-electron chi connectivity index (χ4n) is 2.43. The number of hydrogen-bond donors (Lipinski definition) is 1. The van der Waals surface area contributed by atoms with Crippen molar-refractivity contribution >= 4 is 11.9 Å². The van der Waals surface area contributed by atoms with Gasteiger partial charge in [0.1, 0.15) is 6.54 Å². The Morgan fingerprint density at radius 3 is 2.67 bits per heavy atom. The van der Waals surface area contributed by atoms with Crippen molar-refractivity contribution in [3.63, 3.8) is 0 Å². The molecule has 0 radical (unpaired) electrons. The Kier molecular flexibility index (Phi) is 3.64. The second-order valence-corrected chi connectivity index (χ2v) is 4.67. The lowest BCUT2D eigenvalue weighted by Crippen LogP contribution is -2.42. The Bertz CT molecular complexity index is 449. The number of aryl methyl sites for hydroxylation is 1. The molecule has 1 aromatic heterocycles. The van der Waals surface area contributed by atoms with Crippen LogP contribution in [-0.4, -0.2) is 44.3 Å². The topological polar surface area (TPSA) is 75.4 Å². The number of carboxylic acids is 1. The predicted molar refractivity (Wildman–Crippen MR) is 64.1 cm³/mol. The lowest BCUT2D eigenvalue weighted by atomic mass is 10.2. The van der Waals surface area contributed by atoms with Crippen LogP contribution < -0.4 is 0 Å². The zero-order valence-electron chi connectivity index (χ0n) is 10.4. The molecule has 0 aromatic carbocycles. The van der Waals surface area contributed by atoms with Gasteiger partial charge < -0.3 is 10.0 Å². The smallest absolute Gasteiger partial charge is 0.323 e. The van der Waals surface area contributed by atoms with Crippen LogP contribution >= 0.6 is 0 Å². The summed E-state index contributed by atoms with van der Waals surface area (Å²) in [6.45, 7) is -0.238. The molecule has 1 aromatic rings. The van der Waals surface area contributed by atoms with Crippen LogP contribution in [0.1, 0.15) is 36.0 Å². The second-order valence-electron chi connectivity index (χ2n) is 4.67. The van der Waals surface area contributed by atoms with Crippen molar-refractivity contribution in [2.24, 2.45) is 7.05 Å². The largest absolute Gasteiger partial charge is 0.480 e. The number of nitrogens with zero attached hydrogens (tertiary/aromatic N) is 3. The van der Waals surface area contributed by atoms with Crippen LogP contribution in [0.25, 0.3) is 0 Å². The molecule has 0 unspecified atom stereocenters. The Labute approximate surface area is 105 Å². The van der Waals surface area contributed by atoms with E-state index >= 15 is 0 Å². The van der Waals surface area contributed by atoms with Crippen LogP contribution in [0.3, 0.4) is 0 Å². The average molecular weight is 251 g/mol. The van der Waals surface area contributed by atoms with Gasteiger partial charge in [-0.2, -0.15) is 5.10 Å².